The first-order chi connectivity index (χ1) is 13.5. The molecule has 0 atom stereocenters. The summed E-state index contributed by atoms with van der Waals surface area (Å²) in [6.45, 7) is 0.541. The van der Waals surface area contributed by atoms with Gasteiger partial charge in [0, 0.05) is 25.1 Å². The minimum absolute atomic E-state index is 0.144. The zero-order valence-electron chi connectivity index (χ0n) is 14.5. The monoisotopic (exact) mass is 412 g/mol. The number of rotatable bonds is 4. The van der Waals surface area contributed by atoms with E-state index >= 15 is 0 Å². The molecule has 0 N–H and O–H groups in total. The minimum Gasteiger partial charge on any atom is -0.328 e. The van der Waals surface area contributed by atoms with Gasteiger partial charge in [0.2, 0.25) is 0 Å². The zero-order chi connectivity index (χ0) is 19.7. The molecule has 0 spiro atoms. The lowest BCUT2D eigenvalue weighted by molar-refractivity contribution is 0.678. The van der Waals surface area contributed by atoms with Crippen molar-refractivity contribution in [2.24, 2.45) is 0 Å². The van der Waals surface area contributed by atoms with E-state index in [0.717, 1.165) is 15.7 Å². The summed E-state index contributed by atoms with van der Waals surface area (Å²) in [6.07, 6.45) is 5.00. The zero-order valence-corrected chi connectivity index (χ0v) is 16.1. The summed E-state index contributed by atoms with van der Waals surface area (Å²) in [7, 11) is 0. The van der Waals surface area contributed by atoms with E-state index in [1.54, 1.807) is 59.6 Å². The van der Waals surface area contributed by atoms with Crippen LogP contribution in [0.25, 0.3) is 11.4 Å². The molecule has 0 radical (unpaired) electrons. The van der Waals surface area contributed by atoms with Gasteiger partial charge in [0.1, 0.15) is 0 Å². The van der Waals surface area contributed by atoms with Gasteiger partial charge in [-0.05, 0) is 47.5 Å². The lowest BCUT2D eigenvalue weighted by Gasteiger charge is -2.15. The fraction of sp³-hybridized carbons (Fsp3) is 0.100. The molecule has 6 nitrogen and oxygen atoms in total. The normalized spacial score (nSPS) is 11.1. The topological polar surface area (TPSA) is 69.8 Å². The number of fused-ring (bicyclic) bond motifs is 1. The van der Waals surface area contributed by atoms with Crippen molar-refractivity contribution in [3.8, 4) is 11.4 Å². The van der Waals surface area contributed by atoms with Gasteiger partial charge in [0.25, 0.3) is 5.56 Å². The second-order valence-electron chi connectivity index (χ2n) is 6.26. The predicted octanol–water partition coefficient (Wildman–Crippen LogP) is 3.31. The molecule has 0 saturated heterocycles. The minimum atomic E-state index is -0.594. The van der Waals surface area contributed by atoms with Crippen LogP contribution in [0.4, 0.5) is 0 Å². The highest BCUT2D eigenvalue weighted by Gasteiger charge is 2.17. The van der Waals surface area contributed by atoms with Crippen LogP contribution >= 0.6 is 23.2 Å². The summed E-state index contributed by atoms with van der Waals surface area (Å²) >= 11 is 12.0. The Morgan fingerprint density at radius 3 is 2.43 bits per heavy atom. The van der Waals surface area contributed by atoms with Gasteiger partial charge in [-0.25, -0.2) is 4.79 Å². The maximum Gasteiger partial charge on any atom is 0.352 e. The summed E-state index contributed by atoms with van der Waals surface area (Å²) in [4.78, 5) is 33.6. The largest absolute Gasteiger partial charge is 0.352 e. The molecule has 8 heteroatoms. The number of pyridine rings is 2. The van der Waals surface area contributed by atoms with Crippen molar-refractivity contribution >= 4 is 23.2 Å². The maximum atomic E-state index is 12.9. The molecule has 28 heavy (non-hydrogen) atoms. The van der Waals surface area contributed by atoms with Crippen molar-refractivity contribution in [1.29, 1.82) is 0 Å². The third-order valence-corrected chi connectivity index (χ3v) is 5.12. The fourth-order valence-electron chi connectivity index (χ4n) is 2.99. The van der Waals surface area contributed by atoms with E-state index in [0.29, 0.717) is 28.0 Å². The standard InChI is InChI=1S/C20H14Cl2N4O2/c21-16-4-3-14(10-17(16)22)11-25-9-1-2-15-18(25)24-20(28)26(19(15)27)12-13-5-7-23-8-6-13/h1-10H,11-12H2. The van der Waals surface area contributed by atoms with E-state index in [4.69, 9.17) is 23.2 Å². The number of hydrogen-bond donors (Lipinski definition) is 0. The van der Waals surface area contributed by atoms with Gasteiger partial charge < -0.3 is 4.57 Å². The summed E-state index contributed by atoms with van der Waals surface area (Å²) in [5.74, 6) is 0.328. The van der Waals surface area contributed by atoms with Gasteiger partial charge in [-0.2, -0.15) is 4.98 Å². The highest BCUT2D eigenvalue weighted by atomic mass is 35.5. The molecule has 0 amide bonds. The van der Waals surface area contributed by atoms with Gasteiger partial charge in [0.15, 0.2) is 5.82 Å². The van der Waals surface area contributed by atoms with E-state index in [-0.39, 0.29) is 12.1 Å². The quantitative estimate of drug-likeness (QED) is 0.515. The Kier molecular flexibility index (Phi) is 4.98. The number of nitrogens with zero attached hydrogens (tertiary/aromatic N) is 4. The highest BCUT2D eigenvalue weighted by Crippen LogP contribution is 2.24. The van der Waals surface area contributed by atoms with E-state index in [9.17, 15) is 9.59 Å². The molecule has 140 valence electrons. The van der Waals surface area contributed by atoms with Crippen molar-refractivity contribution < 1.29 is 0 Å². The molecule has 1 aromatic heterocycles. The van der Waals surface area contributed by atoms with Gasteiger partial charge in [0.05, 0.1) is 22.2 Å². The molecule has 2 aliphatic rings. The smallest absolute Gasteiger partial charge is 0.328 e. The van der Waals surface area contributed by atoms with Crippen LogP contribution in [-0.2, 0) is 13.1 Å². The van der Waals surface area contributed by atoms with Crippen LogP contribution in [0, 0.1) is 0 Å². The molecule has 0 fully saturated rings. The number of halogens is 2. The highest BCUT2D eigenvalue weighted by molar-refractivity contribution is 6.42. The van der Waals surface area contributed by atoms with Crippen LogP contribution in [0.1, 0.15) is 11.1 Å². The van der Waals surface area contributed by atoms with Crippen molar-refractivity contribution in [3.63, 3.8) is 0 Å². The molecule has 0 bridgehead atoms. The van der Waals surface area contributed by atoms with Gasteiger partial charge in [-0.1, -0.05) is 29.3 Å². The Labute approximate surface area is 170 Å². The van der Waals surface area contributed by atoms with Crippen LogP contribution in [0.5, 0.6) is 0 Å². The Bertz CT molecular complexity index is 1240. The molecule has 2 aromatic rings. The lowest BCUT2D eigenvalue weighted by atomic mass is 10.2. The molecule has 4 rings (SSSR count). The number of aromatic nitrogens is 4. The van der Waals surface area contributed by atoms with Crippen molar-refractivity contribution in [2.75, 3.05) is 0 Å². The SMILES string of the molecule is O=c1nc2n(Cc3ccc(Cl)c(Cl)c3)cccc-2c(=O)n1Cc1ccncc1. The van der Waals surface area contributed by atoms with Gasteiger partial charge in [-0.3, -0.25) is 14.3 Å². The predicted molar refractivity (Wildman–Crippen MR) is 108 cm³/mol. The second-order valence-corrected chi connectivity index (χ2v) is 7.08. The molecule has 2 aliphatic heterocycles. The first-order valence-corrected chi connectivity index (χ1v) is 9.21. The average molecular weight is 413 g/mol. The van der Waals surface area contributed by atoms with Gasteiger partial charge >= 0.3 is 5.69 Å². The molecule has 0 aliphatic carbocycles. The summed E-state index contributed by atoms with van der Waals surface area (Å²) in [5.41, 5.74) is 1.08. The summed E-state index contributed by atoms with van der Waals surface area (Å²) < 4.78 is 2.87. The molecule has 1 aromatic carbocycles. The van der Waals surface area contributed by atoms with Crippen LogP contribution in [0.3, 0.4) is 0 Å². The Morgan fingerprint density at radius 1 is 0.893 bits per heavy atom. The Morgan fingerprint density at radius 2 is 1.68 bits per heavy atom. The van der Waals surface area contributed by atoms with E-state index in [2.05, 4.69) is 9.97 Å². The second kappa shape index (κ2) is 7.58. The molecule has 0 unspecified atom stereocenters. The third-order valence-electron chi connectivity index (χ3n) is 4.38. The van der Waals surface area contributed by atoms with Crippen molar-refractivity contribution in [1.82, 2.24) is 19.1 Å². The number of hydrogen-bond acceptors (Lipinski definition) is 4. The summed E-state index contributed by atoms with van der Waals surface area (Å²) in [6, 6.07) is 12.2. The third kappa shape index (κ3) is 3.56. The summed E-state index contributed by atoms with van der Waals surface area (Å²) in [5, 5.41) is 0.907. The molecule has 0 saturated carbocycles. The van der Waals surface area contributed by atoms with Crippen LogP contribution in [0.15, 0.2) is 70.6 Å². The van der Waals surface area contributed by atoms with Crippen LogP contribution < -0.4 is 11.2 Å². The van der Waals surface area contributed by atoms with Crippen LogP contribution in [0.2, 0.25) is 10.0 Å². The number of benzene rings is 1. The van der Waals surface area contributed by atoms with Crippen molar-refractivity contribution in [2.45, 2.75) is 13.1 Å². The van der Waals surface area contributed by atoms with E-state index in [1.165, 1.54) is 0 Å². The molecular weight excluding hydrogens is 399 g/mol. The Hall–Kier alpha value is -2.96. The first kappa shape index (κ1) is 18.4. The lowest BCUT2D eigenvalue weighted by Crippen LogP contribution is -2.38. The average Bonchev–Trinajstić information content (AvgIpc) is 2.69. The maximum absolute atomic E-state index is 12.9. The van der Waals surface area contributed by atoms with E-state index in [1.807, 2.05) is 6.07 Å². The van der Waals surface area contributed by atoms with Gasteiger partial charge in [-0.15, -0.1) is 0 Å². The fourth-order valence-corrected chi connectivity index (χ4v) is 3.31. The first-order valence-electron chi connectivity index (χ1n) is 8.46. The Balaban J connectivity index is 1.77. The van der Waals surface area contributed by atoms with Crippen LogP contribution in [-0.4, -0.2) is 19.1 Å². The molecular formula is C20H14Cl2N4O2. The molecule has 3 heterocycles. The van der Waals surface area contributed by atoms with Crippen molar-refractivity contribution in [3.05, 3.63) is 103 Å². The van der Waals surface area contributed by atoms with E-state index < -0.39 is 5.69 Å².